The van der Waals surface area contributed by atoms with E-state index in [9.17, 15) is 8.42 Å². The van der Waals surface area contributed by atoms with Gasteiger partial charge in [-0.3, -0.25) is 4.68 Å². The quantitative estimate of drug-likeness (QED) is 0.550. The van der Waals surface area contributed by atoms with Crippen LogP contribution in [0.15, 0.2) is 11.1 Å². The first kappa shape index (κ1) is 13.4. The summed E-state index contributed by atoms with van der Waals surface area (Å²) in [4.78, 5) is 0.170. The van der Waals surface area contributed by atoms with Gasteiger partial charge in [0.25, 0.3) is 0 Å². The van der Waals surface area contributed by atoms with Crippen molar-refractivity contribution in [2.24, 2.45) is 7.05 Å². The number of nitrogens with one attached hydrogen (secondary N) is 1. The van der Waals surface area contributed by atoms with Gasteiger partial charge in [0.15, 0.2) is 0 Å². The van der Waals surface area contributed by atoms with Gasteiger partial charge < -0.3 is 5.11 Å². The second-order valence-corrected chi connectivity index (χ2v) is 11.3. The fourth-order valence-electron chi connectivity index (χ4n) is 1.35. The second kappa shape index (κ2) is 4.28. The van der Waals surface area contributed by atoms with Gasteiger partial charge in [-0.25, -0.2) is 8.42 Å². The SMILES string of the molecule is Cn1cc(S(=O)(=O)NCO)c([Si](C)(C)C)n1. The standard InChI is InChI=1S/C8H17N3O3SSi/c1-11-5-7(15(13,14)9-6-12)8(10-11)16(2,3)4/h5,9,12H,6H2,1-4H3. The molecule has 2 N–H and O–H groups in total. The van der Waals surface area contributed by atoms with Gasteiger partial charge in [0.1, 0.15) is 19.7 Å². The third kappa shape index (κ3) is 2.70. The maximum absolute atomic E-state index is 11.8. The fraction of sp³-hybridized carbons (Fsp3) is 0.625. The number of aliphatic hydroxyl groups excluding tert-OH is 1. The topological polar surface area (TPSA) is 84.2 Å². The largest absolute Gasteiger partial charge is 0.380 e. The molecule has 0 bridgehead atoms. The van der Waals surface area contributed by atoms with E-state index >= 15 is 0 Å². The van der Waals surface area contributed by atoms with Crippen LogP contribution in [0.3, 0.4) is 0 Å². The number of aliphatic hydroxyl groups is 1. The number of sulfonamides is 1. The van der Waals surface area contributed by atoms with Crippen molar-refractivity contribution >= 4 is 23.4 Å². The van der Waals surface area contributed by atoms with Gasteiger partial charge >= 0.3 is 0 Å². The molecule has 0 aliphatic rings. The number of hydrogen-bond donors (Lipinski definition) is 2. The summed E-state index contributed by atoms with van der Waals surface area (Å²) < 4.78 is 27.2. The van der Waals surface area contributed by atoms with Crippen LogP contribution in [0.1, 0.15) is 0 Å². The number of nitrogens with zero attached hydrogens (tertiary/aromatic N) is 2. The van der Waals surface area contributed by atoms with E-state index in [1.165, 1.54) is 10.9 Å². The molecule has 1 aromatic rings. The van der Waals surface area contributed by atoms with Crippen molar-refractivity contribution in [1.29, 1.82) is 0 Å². The Morgan fingerprint density at radius 1 is 1.50 bits per heavy atom. The zero-order valence-electron chi connectivity index (χ0n) is 9.85. The van der Waals surface area contributed by atoms with E-state index in [4.69, 9.17) is 5.11 Å². The maximum Gasteiger partial charge on any atom is 0.245 e. The van der Waals surface area contributed by atoms with Gasteiger partial charge in [-0.1, -0.05) is 19.6 Å². The lowest BCUT2D eigenvalue weighted by atomic mass is 10.7. The van der Waals surface area contributed by atoms with E-state index < -0.39 is 24.8 Å². The van der Waals surface area contributed by atoms with E-state index in [-0.39, 0.29) is 4.90 Å². The van der Waals surface area contributed by atoms with E-state index in [1.54, 1.807) is 7.05 Å². The van der Waals surface area contributed by atoms with E-state index in [0.717, 1.165) is 0 Å². The van der Waals surface area contributed by atoms with Gasteiger partial charge in [-0.05, 0) is 0 Å². The van der Waals surface area contributed by atoms with Crippen molar-refractivity contribution in [1.82, 2.24) is 14.5 Å². The highest BCUT2D eigenvalue weighted by molar-refractivity contribution is 7.89. The first-order valence-electron chi connectivity index (χ1n) is 4.83. The molecule has 0 aliphatic heterocycles. The molecule has 0 saturated carbocycles. The third-order valence-corrected chi connectivity index (χ3v) is 5.41. The summed E-state index contributed by atoms with van der Waals surface area (Å²) >= 11 is 0. The van der Waals surface area contributed by atoms with Crippen molar-refractivity contribution in [2.45, 2.75) is 24.5 Å². The summed E-state index contributed by atoms with van der Waals surface area (Å²) in [5.74, 6) is 0. The summed E-state index contributed by atoms with van der Waals surface area (Å²) in [6.45, 7) is 5.45. The monoisotopic (exact) mass is 263 g/mol. The predicted molar refractivity (Wildman–Crippen MR) is 63.6 cm³/mol. The van der Waals surface area contributed by atoms with Gasteiger partial charge in [-0.15, -0.1) is 0 Å². The van der Waals surface area contributed by atoms with Crippen LogP contribution in [-0.2, 0) is 17.1 Å². The van der Waals surface area contributed by atoms with Crippen molar-refractivity contribution < 1.29 is 13.5 Å². The van der Waals surface area contributed by atoms with Crippen LogP contribution in [0, 0.1) is 0 Å². The molecule has 16 heavy (non-hydrogen) atoms. The average Bonchev–Trinajstić information content (AvgIpc) is 2.46. The minimum Gasteiger partial charge on any atom is -0.380 e. The summed E-state index contributed by atoms with van der Waals surface area (Å²) in [6, 6.07) is 0. The molecule has 0 amide bonds. The first-order valence-corrected chi connectivity index (χ1v) is 9.81. The molecule has 0 radical (unpaired) electrons. The fourth-order valence-corrected chi connectivity index (χ4v) is 4.84. The van der Waals surface area contributed by atoms with Crippen LogP contribution < -0.4 is 10.0 Å². The molecule has 6 nitrogen and oxygen atoms in total. The zero-order chi connectivity index (χ0) is 12.6. The highest BCUT2D eigenvalue weighted by Gasteiger charge is 2.30. The minimum absolute atomic E-state index is 0.170. The van der Waals surface area contributed by atoms with E-state index in [0.29, 0.717) is 5.32 Å². The Bertz CT molecular complexity index is 475. The Balaban J connectivity index is 3.35. The maximum atomic E-state index is 11.8. The molecule has 1 heterocycles. The van der Waals surface area contributed by atoms with Crippen LogP contribution in [-0.4, -0.2) is 38.1 Å². The van der Waals surface area contributed by atoms with Crippen LogP contribution >= 0.6 is 0 Å². The normalized spacial score (nSPS) is 13.1. The van der Waals surface area contributed by atoms with Crippen molar-refractivity contribution in [3.8, 4) is 0 Å². The average molecular weight is 263 g/mol. The van der Waals surface area contributed by atoms with Gasteiger partial charge in [-0.2, -0.15) is 9.82 Å². The molecular weight excluding hydrogens is 246 g/mol. The molecule has 0 aromatic carbocycles. The summed E-state index contributed by atoms with van der Waals surface area (Å²) in [5, 5.41) is 13.5. The Labute approximate surface area is 96.3 Å². The lowest BCUT2D eigenvalue weighted by molar-refractivity contribution is 0.288. The molecule has 92 valence electrons. The van der Waals surface area contributed by atoms with Crippen molar-refractivity contribution in [3.05, 3.63) is 6.20 Å². The molecule has 0 spiro atoms. The molecule has 8 heteroatoms. The molecule has 0 aliphatic carbocycles. The van der Waals surface area contributed by atoms with Crippen molar-refractivity contribution in [2.75, 3.05) is 6.73 Å². The van der Waals surface area contributed by atoms with Gasteiger partial charge in [0.2, 0.25) is 10.0 Å². The zero-order valence-corrected chi connectivity index (χ0v) is 11.7. The Hall–Kier alpha value is -0.703. The summed E-state index contributed by atoms with van der Waals surface area (Å²) in [6.07, 6.45) is 1.46. The van der Waals surface area contributed by atoms with Crippen LogP contribution in [0.25, 0.3) is 0 Å². The summed E-state index contributed by atoms with van der Waals surface area (Å²) in [7, 11) is -3.80. The first-order chi connectivity index (χ1) is 7.18. The lowest BCUT2D eigenvalue weighted by Crippen LogP contribution is -2.43. The van der Waals surface area contributed by atoms with Crippen LogP contribution in [0.5, 0.6) is 0 Å². The molecule has 0 saturated heterocycles. The van der Waals surface area contributed by atoms with Crippen LogP contribution in [0.2, 0.25) is 19.6 Å². The Morgan fingerprint density at radius 3 is 2.50 bits per heavy atom. The third-order valence-electron chi connectivity index (χ3n) is 2.05. The number of rotatable bonds is 4. The highest BCUT2D eigenvalue weighted by atomic mass is 32.2. The number of aromatic nitrogens is 2. The molecule has 0 unspecified atom stereocenters. The smallest absolute Gasteiger partial charge is 0.245 e. The second-order valence-electron chi connectivity index (χ2n) is 4.57. The van der Waals surface area contributed by atoms with Gasteiger partial charge in [0, 0.05) is 13.2 Å². The Morgan fingerprint density at radius 2 is 2.06 bits per heavy atom. The molecule has 1 rings (SSSR count). The predicted octanol–water partition coefficient (Wildman–Crippen LogP) is -0.807. The number of hydrogen-bond acceptors (Lipinski definition) is 4. The van der Waals surface area contributed by atoms with E-state index in [2.05, 4.69) is 9.82 Å². The molecule has 0 atom stereocenters. The van der Waals surface area contributed by atoms with Crippen LogP contribution in [0.4, 0.5) is 0 Å². The lowest BCUT2D eigenvalue weighted by Gasteiger charge is -2.14. The Kier molecular flexibility index (Phi) is 3.58. The minimum atomic E-state index is -3.65. The summed E-state index contributed by atoms with van der Waals surface area (Å²) in [5.41, 5.74) is 0. The van der Waals surface area contributed by atoms with Crippen molar-refractivity contribution in [3.63, 3.8) is 0 Å². The highest BCUT2D eigenvalue weighted by Crippen LogP contribution is 2.10. The number of aryl methyl sites for hydroxylation is 1. The molecular formula is C8H17N3O3SSi. The van der Waals surface area contributed by atoms with E-state index in [1.807, 2.05) is 19.6 Å². The molecule has 0 fully saturated rings. The van der Waals surface area contributed by atoms with Gasteiger partial charge in [0.05, 0.1) is 5.32 Å². The molecule has 1 aromatic heterocycles.